The van der Waals surface area contributed by atoms with Crippen LogP contribution in [0.25, 0.3) is 11.0 Å². The molecule has 0 atom stereocenters. The molecular formula is C23H26N4O4S. The van der Waals surface area contributed by atoms with Crippen molar-refractivity contribution in [3.8, 4) is 6.07 Å². The molecule has 3 rings (SSSR count). The number of fused-ring (bicyclic) bond motifs is 1. The van der Waals surface area contributed by atoms with E-state index in [9.17, 15) is 13.2 Å². The number of hydrogen-bond donors (Lipinski definition) is 0. The van der Waals surface area contributed by atoms with E-state index in [1.807, 2.05) is 23.7 Å². The Labute approximate surface area is 188 Å². The molecule has 0 saturated carbocycles. The summed E-state index contributed by atoms with van der Waals surface area (Å²) in [5.74, 6) is 0.364. The van der Waals surface area contributed by atoms with Crippen molar-refractivity contribution in [3.63, 3.8) is 0 Å². The lowest BCUT2D eigenvalue weighted by Gasteiger charge is -2.20. The number of nitriles is 1. The van der Waals surface area contributed by atoms with E-state index in [0.29, 0.717) is 17.5 Å². The highest BCUT2D eigenvalue weighted by Crippen LogP contribution is 2.23. The van der Waals surface area contributed by atoms with E-state index in [1.165, 1.54) is 4.31 Å². The highest BCUT2D eigenvalue weighted by atomic mass is 32.2. The molecule has 2 aromatic carbocycles. The molecule has 8 nitrogen and oxygen atoms in total. The Morgan fingerprint density at radius 2 is 1.91 bits per heavy atom. The Morgan fingerprint density at radius 3 is 2.53 bits per heavy atom. The molecule has 0 spiro atoms. The van der Waals surface area contributed by atoms with Crippen LogP contribution in [0.5, 0.6) is 0 Å². The Bertz CT molecular complexity index is 1260. The maximum Gasteiger partial charge on any atom is 0.307 e. The van der Waals surface area contributed by atoms with Gasteiger partial charge < -0.3 is 9.30 Å². The van der Waals surface area contributed by atoms with Crippen molar-refractivity contribution in [2.24, 2.45) is 7.05 Å². The summed E-state index contributed by atoms with van der Waals surface area (Å²) in [6.45, 7) is 4.01. The zero-order valence-corrected chi connectivity index (χ0v) is 19.2. The van der Waals surface area contributed by atoms with Crippen LogP contribution in [0.15, 0.2) is 47.4 Å². The van der Waals surface area contributed by atoms with Gasteiger partial charge in [-0.15, -0.1) is 0 Å². The molecule has 0 radical (unpaired) electrons. The molecule has 0 aliphatic heterocycles. The van der Waals surface area contributed by atoms with Crippen LogP contribution in [-0.4, -0.2) is 47.9 Å². The van der Waals surface area contributed by atoms with Crippen LogP contribution in [-0.2, 0) is 33.0 Å². The minimum atomic E-state index is -3.78. The lowest BCUT2D eigenvalue weighted by atomic mass is 10.1. The molecule has 3 aromatic rings. The number of carbonyl (C=O) groups excluding carboxylic acids is 1. The minimum absolute atomic E-state index is 0.00147. The maximum absolute atomic E-state index is 13.1. The SMILES string of the molecule is CCOC(=O)CCN(CC)S(=O)(=O)c1ccc2c(c1)nc(Cc1ccc(C#N)cc1)n2C. The van der Waals surface area contributed by atoms with Crippen molar-refractivity contribution in [1.29, 1.82) is 5.26 Å². The number of imidazole rings is 1. The molecule has 32 heavy (non-hydrogen) atoms. The highest BCUT2D eigenvalue weighted by molar-refractivity contribution is 7.89. The number of aryl methyl sites for hydroxylation is 1. The van der Waals surface area contributed by atoms with Gasteiger partial charge >= 0.3 is 5.97 Å². The van der Waals surface area contributed by atoms with Crippen molar-refractivity contribution >= 4 is 27.0 Å². The first kappa shape index (κ1) is 23.4. The van der Waals surface area contributed by atoms with Crippen LogP contribution < -0.4 is 0 Å². The van der Waals surface area contributed by atoms with Crippen molar-refractivity contribution in [1.82, 2.24) is 13.9 Å². The molecule has 0 aliphatic carbocycles. The van der Waals surface area contributed by atoms with Crippen molar-refractivity contribution < 1.29 is 17.9 Å². The molecule has 1 aromatic heterocycles. The van der Waals surface area contributed by atoms with Crippen LogP contribution in [0.1, 0.15) is 37.2 Å². The molecule has 0 N–H and O–H groups in total. The van der Waals surface area contributed by atoms with Gasteiger partial charge in [-0.2, -0.15) is 9.57 Å². The smallest absolute Gasteiger partial charge is 0.307 e. The molecule has 0 unspecified atom stereocenters. The summed E-state index contributed by atoms with van der Waals surface area (Å²) < 4.78 is 34.4. The maximum atomic E-state index is 13.1. The monoisotopic (exact) mass is 454 g/mol. The standard InChI is InChI=1S/C23H26N4O4S/c1-4-27(13-12-23(28)31-5-2)32(29,30)19-10-11-21-20(15-19)25-22(26(21)3)14-17-6-8-18(16-24)9-7-17/h6-11,15H,4-5,12-14H2,1-3H3. The van der Waals surface area contributed by atoms with Gasteiger partial charge in [-0.1, -0.05) is 19.1 Å². The lowest BCUT2D eigenvalue weighted by molar-refractivity contribution is -0.143. The topological polar surface area (TPSA) is 105 Å². The van der Waals surface area contributed by atoms with Crippen LogP contribution >= 0.6 is 0 Å². The van der Waals surface area contributed by atoms with Crippen molar-refractivity contribution in [2.75, 3.05) is 19.7 Å². The minimum Gasteiger partial charge on any atom is -0.466 e. The van der Waals surface area contributed by atoms with Gasteiger partial charge in [-0.3, -0.25) is 4.79 Å². The summed E-state index contributed by atoms with van der Waals surface area (Å²) in [5, 5.41) is 8.95. The quantitative estimate of drug-likeness (QED) is 0.460. The molecule has 1 heterocycles. The third-order valence-corrected chi connectivity index (χ3v) is 7.22. The summed E-state index contributed by atoms with van der Waals surface area (Å²) in [4.78, 5) is 16.4. The summed E-state index contributed by atoms with van der Waals surface area (Å²) in [5.41, 5.74) is 3.00. The summed E-state index contributed by atoms with van der Waals surface area (Å²) in [7, 11) is -1.89. The molecule has 9 heteroatoms. The van der Waals surface area contributed by atoms with Gasteiger partial charge in [-0.05, 0) is 42.8 Å². The second kappa shape index (κ2) is 9.94. The molecule has 168 valence electrons. The summed E-state index contributed by atoms with van der Waals surface area (Å²) >= 11 is 0. The van der Waals surface area contributed by atoms with E-state index in [-0.39, 0.29) is 31.0 Å². The average molecular weight is 455 g/mol. The summed E-state index contributed by atoms with van der Waals surface area (Å²) in [6, 6.07) is 14.3. The predicted octanol–water partition coefficient (Wildman–Crippen LogP) is 3.00. The van der Waals surface area contributed by atoms with E-state index >= 15 is 0 Å². The number of sulfonamides is 1. The van der Waals surface area contributed by atoms with Gasteiger partial charge in [0.15, 0.2) is 0 Å². The Hall–Kier alpha value is -3.22. The first-order valence-corrected chi connectivity index (χ1v) is 11.8. The van der Waals surface area contributed by atoms with Gasteiger partial charge in [0.2, 0.25) is 10.0 Å². The van der Waals surface area contributed by atoms with E-state index in [1.54, 1.807) is 44.2 Å². The number of nitrogens with zero attached hydrogens (tertiary/aromatic N) is 4. The fourth-order valence-corrected chi connectivity index (χ4v) is 4.94. The number of ether oxygens (including phenoxy) is 1. The fraction of sp³-hybridized carbons (Fsp3) is 0.348. The van der Waals surface area contributed by atoms with Gasteiger partial charge in [0.25, 0.3) is 0 Å². The Balaban J connectivity index is 1.86. The van der Waals surface area contributed by atoms with E-state index in [0.717, 1.165) is 16.9 Å². The molecule has 0 aliphatic rings. The van der Waals surface area contributed by atoms with E-state index in [4.69, 9.17) is 10.00 Å². The molecule has 0 bridgehead atoms. The largest absolute Gasteiger partial charge is 0.466 e. The van der Waals surface area contributed by atoms with Gasteiger partial charge in [-0.25, -0.2) is 13.4 Å². The normalized spacial score (nSPS) is 11.6. The fourth-order valence-electron chi connectivity index (χ4n) is 3.47. The molecule has 0 fully saturated rings. The zero-order chi connectivity index (χ0) is 23.3. The molecule has 0 saturated heterocycles. The Kier molecular flexibility index (Phi) is 7.28. The van der Waals surface area contributed by atoms with Crippen LogP contribution in [0, 0.1) is 11.3 Å². The highest BCUT2D eigenvalue weighted by Gasteiger charge is 2.25. The lowest BCUT2D eigenvalue weighted by Crippen LogP contribution is -2.33. The van der Waals surface area contributed by atoms with Crippen LogP contribution in [0.3, 0.4) is 0 Å². The molecular weight excluding hydrogens is 428 g/mol. The Morgan fingerprint density at radius 1 is 1.19 bits per heavy atom. The second-order valence-electron chi connectivity index (χ2n) is 7.27. The second-order valence-corrected chi connectivity index (χ2v) is 9.21. The van der Waals surface area contributed by atoms with E-state index in [2.05, 4.69) is 11.1 Å². The third kappa shape index (κ3) is 4.98. The number of benzene rings is 2. The van der Waals surface area contributed by atoms with Gasteiger partial charge in [0.1, 0.15) is 5.82 Å². The summed E-state index contributed by atoms with van der Waals surface area (Å²) in [6.07, 6.45) is 0.557. The van der Waals surface area contributed by atoms with Crippen LogP contribution in [0.4, 0.5) is 0 Å². The average Bonchev–Trinajstić information content (AvgIpc) is 3.09. The number of aromatic nitrogens is 2. The first-order chi connectivity index (χ1) is 15.3. The van der Waals surface area contributed by atoms with Crippen molar-refractivity contribution in [2.45, 2.75) is 31.6 Å². The number of carbonyl (C=O) groups is 1. The number of esters is 1. The van der Waals surface area contributed by atoms with Crippen LogP contribution in [0.2, 0.25) is 0 Å². The third-order valence-electron chi connectivity index (χ3n) is 5.25. The number of hydrogen-bond acceptors (Lipinski definition) is 6. The van der Waals surface area contributed by atoms with Gasteiger partial charge in [0.05, 0.1) is 40.6 Å². The van der Waals surface area contributed by atoms with Crippen molar-refractivity contribution in [3.05, 3.63) is 59.4 Å². The first-order valence-electron chi connectivity index (χ1n) is 10.4. The predicted molar refractivity (Wildman–Crippen MR) is 120 cm³/mol. The molecule has 0 amide bonds. The number of rotatable bonds is 9. The zero-order valence-electron chi connectivity index (χ0n) is 18.4. The van der Waals surface area contributed by atoms with E-state index < -0.39 is 16.0 Å². The van der Waals surface area contributed by atoms with Gasteiger partial charge in [0, 0.05) is 26.6 Å².